The standard InChI is InChI=1S/C8H14O5/c1-5(9)3-8(12)13-6(2)4-7(10)11/h5-6,9H,3-4H2,1-2H3,(H,10,11)/t5-,6-/m0/s1. The third kappa shape index (κ3) is 7.27. The Kier molecular flexibility index (Phi) is 5.06. The van der Waals surface area contributed by atoms with Crippen LogP contribution in [-0.2, 0) is 14.3 Å². The lowest BCUT2D eigenvalue weighted by Gasteiger charge is -2.11. The molecule has 0 bridgehead atoms. The molecule has 0 rings (SSSR count). The van der Waals surface area contributed by atoms with E-state index in [0.717, 1.165) is 0 Å². The van der Waals surface area contributed by atoms with Crippen LogP contribution in [0, 0.1) is 0 Å². The maximum absolute atomic E-state index is 10.9. The van der Waals surface area contributed by atoms with Crippen LogP contribution < -0.4 is 0 Å². The molecule has 5 nitrogen and oxygen atoms in total. The summed E-state index contributed by atoms with van der Waals surface area (Å²) in [6.07, 6.45) is -1.73. The SMILES string of the molecule is C[C@H](O)CC(=O)O[C@@H](C)CC(=O)O. The fourth-order valence-corrected chi connectivity index (χ4v) is 0.801. The van der Waals surface area contributed by atoms with Crippen molar-refractivity contribution in [3.05, 3.63) is 0 Å². The Bertz CT molecular complexity index is 187. The van der Waals surface area contributed by atoms with Crippen LogP contribution in [0.4, 0.5) is 0 Å². The van der Waals surface area contributed by atoms with Gasteiger partial charge in [-0.15, -0.1) is 0 Å². The summed E-state index contributed by atoms with van der Waals surface area (Å²) in [5, 5.41) is 17.1. The van der Waals surface area contributed by atoms with Gasteiger partial charge in [-0.2, -0.15) is 0 Å². The predicted molar refractivity (Wildman–Crippen MR) is 44.1 cm³/mol. The highest BCUT2D eigenvalue weighted by Crippen LogP contribution is 2.01. The van der Waals surface area contributed by atoms with Gasteiger partial charge >= 0.3 is 11.9 Å². The van der Waals surface area contributed by atoms with E-state index in [1.807, 2.05) is 0 Å². The molecule has 0 saturated heterocycles. The number of carboxylic acids is 1. The molecular formula is C8H14O5. The summed E-state index contributed by atoms with van der Waals surface area (Å²) in [4.78, 5) is 21.0. The normalized spacial score (nSPS) is 14.7. The van der Waals surface area contributed by atoms with Crippen molar-refractivity contribution >= 4 is 11.9 Å². The number of hydrogen-bond donors (Lipinski definition) is 2. The smallest absolute Gasteiger partial charge is 0.308 e. The average molecular weight is 190 g/mol. The summed E-state index contributed by atoms with van der Waals surface area (Å²) in [6.45, 7) is 2.96. The molecule has 2 atom stereocenters. The van der Waals surface area contributed by atoms with Gasteiger partial charge in [0.05, 0.1) is 18.9 Å². The molecule has 5 heteroatoms. The molecule has 13 heavy (non-hydrogen) atoms. The monoisotopic (exact) mass is 190 g/mol. The third-order valence-electron chi connectivity index (χ3n) is 1.26. The van der Waals surface area contributed by atoms with Crippen molar-refractivity contribution in [2.45, 2.75) is 38.9 Å². The molecule has 0 aliphatic rings. The quantitative estimate of drug-likeness (QED) is 0.603. The van der Waals surface area contributed by atoms with Crippen molar-refractivity contribution in [1.82, 2.24) is 0 Å². The minimum Gasteiger partial charge on any atom is -0.481 e. The van der Waals surface area contributed by atoms with Gasteiger partial charge in [0.2, 0.25) is 0 Å². The number of carbonyl (C=O) groups is 2. The van der Waals surface area contributed by atoms with Crippen LogP contribution in [0.3, 0.4) is 0 Å². The van der Waals surface area contributed by atoms with Gasteiger partial charge in [0.15, 0.2) is 0 Å². The number of hydrogen-bond acceptors (Lipinski definition) is 4. The first-order valence-electron chi connectivity index (χ1n) is 4.01. The van der Waals surface area contributed by atoms with Gasteiger partial charge < -0.3 is 14.9 Å². The Hall–Kier alpha value is -1.10. The van der Waals surface area contributed by atoms with Crippen molar-refractivity contribution < 1.29 is 24.5 Å². The summed E-state index contributed by atoms with van der Waals surface area (Å²) in [6, 6.07) is 0. The maximum Gasteiger partial charge on any atom is 0.308 e. The van der Waals surface area contributed by atoms with E-state index in [1.54, 1.807) is 0 Å². The number of aliphatic carboxylic acids is 1. The lowest BCUT2D eigenvalue weighted by atomic mass is 10.2. The Labute approximate surface area is 76.3 Å². The van der Waals surface area contributed by atoms with Gasteiger partial charge in [-0.1, -0.05) is 0 Å². The Morgan fingerprint density at radius 2 is 1.85 bits per heavy atom. The van der Waals surface area contributed by atoms with Crippen LogP contribution in [0.1, 0.15) is 26.7 Å². The second-order valence-corrected chi connectivity index (χ2v) is 2.95. The van der Waals surface area contributed by atoms with Gasteiger partial charge in [0.25, 0.3) is 0 Å². The predicted octanol–water partition coefficient (Wildman–Crippen LogP) is 0.164. The number of aliphatic hydroxyl groups excluding tert-OH is 1. The summed E-state index contributed by atoms with van der Waals surface area (Å²) in [7, 11) is 0. The molecule has 0 unspecified atom stereocenters. The van der Waals surface area contributed by atoms with Gasteiger partial charge in [0, 0.05) is 0 Å². The van der Waals surface area contributed by atoms with E-state index >= 15 is 0 Å². The van der Waals surface area contributed by atoms with Crippen LogP contribution >= 0.6 is 0 Å². The van der Waals surface area contributed by atoms with E-state index in [9.17, 15) is 9.59 Å². The number of carbonyl (C=O) groups excluding carboxylic acids is 1. The average Bonchev–Trinajstić information content (AvgIpc) is 1.80. The van der Waals surface area contributed by atoms with Crippen molar-refractivity contribution in [2.24, 2.45) is 0 Å². The summed E-state index contributed by atoms with van der Waals surface area (Å²) in [5.74, 6) is -1.60. The summed E-state index contributed by atoms with van der Waals surface area (Å²) >= 11 is 0. The number of rotatable bonds is 5. The highest BCUT2D eigenvalue weighted by molar-refractivity contribution is 5.71. The van der Waals surface area contributed by atoms with Crippen molar-refractivity contribution in [3.8, 4) is 0 Å². The highest BCUT2D eigenvalue weighted by Gasteiger charge is 2.14. The van der Waals surface area contributed by atoms with Crippen LogP contribution in [0.25, 0.3) is 0 Å². The van der Waals surface area contributed by atoms with E-state index in [-0.39, 0.29) is 12.8 Å². The Morgan fingerprint density at radius 1 is 1.31 bits per heavy atom. The zero-order valence-electron chi connectivity index (χ0n) is 7.69. The molecule has 76 valence electrons. The Morgan fingerprint density at radius 3 is 2.23 bits per heavy atom. The molecule has 0 saturated carbocycles. The molecule has 0 spiro atoms. The zero-order chi connectivity index (χ0) is 10.4. The van der Waals surface area contributed by atoms with Crippen molar-refractivity contribution in [3.63, 3.8) is 0 Å². The molecule has 2 N–H and O–H groups in total. The first-order valence-corrected chi connectivity index (χ1v) is 4.01. The first-order chi connectivity index (χ1) is 5.91. The van der Waals surface area contributed by atoms with E-state index in [1.165, 1.54) is 13.8 Å². The highest BCUT2D eigenvalue weighted by atomic mass is 16.5. The molecule has 0 aromatic carbocycles. The molecular weight excluding hydrogens is 176 g/mol. The van der Waals surface area contributed by atoms with Gasteiger partial charge in [0.1, 0.15) is 6.10 Å². The lowest BCUT2D eigenvalue weighted by Crippen LogP contribution is -2.20. The van der Waals surface area contributed by atoms with Gasteiger partial charge in [-0.25, -0.2) is 0 Å². The zero-order valence-corrected chi connectivity index (χ0v) is 7.69. The van der Waals surface area contributed by atoms with Crippen LogP contribution in [0.5, 0.6) is 0 Å². The second kappa shape index (κ2) is 5.53. The minimum atomic E-state index is -1.02. The van der Waals surface area contributed by atoms with Crippen molar-refractivity contribution in [2.75, 3.05) is 0 Å². The van der Waals surface area contributed by atoms with Crippen LogP contribution in [0.15, 0.2) is 0 Å². The molecule has 0 amide bonds. The van der Waals surface area contributed by atoms with Gasteiger partial charge in [-0.05, 0) is 13.8 Å². The summed E-state index contributed by atoms with van der Waals surface area (Å²) < 4.78 is 4.69. The number of esters is 1. The number of aliphatic hydroxyl groups is 1. The fraction of sp³-hybridized carbons (Fsp3) is 0.750. The molecule has 0 radical (unpaired) electrons. The topological polar surface area (TPSA) is 83.8 Å². The van der Waals surface area contributed by atoms with Crippen LogP contribution in [-0.4, -0.2) is 34.4 Å². The van der Waals surface area contributed by atoms with E-state index in [2.05, 4.69) is 0 Å². The minimum absolute atomic E-state index is 0.107. The largest absolute Gasteiger partial charge is 0.481 e. The number of carboxylic acid groups (broad SMARTS) is 1. The maximum atomic E-state index is 10.9. The van der Waals surface area contributed by atoms with E-state index in [0.29, 0.717) is 0 Å². The molecule has 0 heterocycles. The second-order valence-electron chi connectivity index (χ2n) is 2.95. The van der Waals surface area contributed by atoms with Crippen LogP contribution in [0.2, 0.25) is 0 Å². The first kappa shape index (κ1) is 11.9. The van der Waals surface area contributed by atoms with E-state index in [4.69, 9.17) is 14.9 Å². The molecule has 0 fully saturated rings. The fourth-order valence-electron chi connectivity index (χ4n) is 0.801. The number of ether oxygens (including phenoxy) is 1. The molecule has 0 aromatic rings. The third-order valence-corrected chi connectivity index (χ3v) is 1.26. The lowest BCUT2D eigenvalue weighted by molar-refractivity contribution is -0.153. The van der Waals surface area contributed by atoms with Gasteiger partial charge in [-0.3, -0.25) is 9.59 Å². The molecule has 0 aliphatic carbocycles. The summed E-state index contributed by atoms with van der Waals surface area (Å²) in [5.41, 5.74) is 0. The Balaban J connectivity index is 3.71. The van der Waals surface area contributed by atoms with E-state index < -0.39 is 24.1 Å². The molecule has 0 aromatic heterocycles. The molecule has 0 aliphatic heterocycles. The van der Waals surface area contributed by atoms with Crippen molar-refractivity contribution in [1.29, 1.82) is 0 Å².